The van der Waals surface area contributed by atoms with E-state index < -0.39 is 0 Å². The minimum atomic E-state index is 0.301. The molecule has 0 aromatic carbocycles. The van der Waals surface area contributed by atoms with E-state index in [-0.39, 0.29) is 0 Å². The maximum atomic E-state index is 8.72. The van der Waals surface area contributed by atoms with E-state index in [1.165, 1.54) is 5.57 Å². The van der Waals surface area contributed by atoms with E-state index in [1.54, 1.807) is 0 Å². The second kappa shape index (κ2) is 5.14. The maximum Gasteiger partial charge on any atom is 0.0468 e. The van der Waals surface area contributed by atoms with Crippen LogP contribution in [0.5, 0.6) is 0 Å². The summed E-state index contributed by atoms with van der Waals surface area (Å²) in [6.07, 6.45) is 12.2. The molecule has 1 aliphatic carbocycles. The Balaban J connectivity index is 2.37. The SMILES string of the molecule is OCCC1=CCCC=CCC1. The van der Waals surface area contributed by atoms with Crippen LogP contribution in [-0.2, 0) is 0 Å². The average molecular weight is 152 g/mol. The number of hydrogen-bond donors (Lipinski definition) is 1. The van der Waals surface area contributed by atoms with Gasteiger partial charge in [-0.1, -0.05) is 23.8 Å². The first-order chi connectivity index (χ1) is 5.43. The molecule has 1 heteroatoms. The van der Waals surface area contributed by atoms with Gasteiger partial charge in [-0.2, -0.15) is 0 Å². The van der Waals surface area contributed by atoms with E-state index in [4.69, 9.17) is 5.11 Å². The number of hydrogen-bond acceptors (Lipinski definition) is 1. The van der Waals surface area contributed by atoms with E-state index in [0.29, 0.717) is 6.61 Å². The molecule has 0 saturated carbocycles. The summed E-state index contributed by atoms with van der Waals surface area (Å²) in [6.45, 7) is 0.301. The molecule has 0 unspecified atom stereocenters. The molecule has 0 amide bonds. The highest BCUT2D eigenvalue weighted by Gasteiger charge is 1.96. The fourth-order valence-electron chi connectivity index (χ4n) is 1.36. The summed E-state index contributed by atoms with van der Waals surface area (Å²) in [5, 5.41) is 8.72. The quantitative estimate of drug-likeness (QED) is 0.602. The van der Waals surface area contributed by atoms with Gasteiger partial charge < -0.3 is 5.11 Å². The zero-order chi connectivity index (χ0) is 7.94. The summed E-state index contributed by atoms with van der Waals surface area (Å²) in [6, 6.07) is 0. The van der Waals surface area contributed by atoms with E-state index in [0.717, 1.165) is 32.1 Å². The topological polar surface area (TPSA) is 20.2 Å². The highest BCUT2D eigenvalue weighted by Crippen LogP contribution is 2.14. The minimum absolute atomic E-state index is 0.301. The van der Waals surface area contributed by atoms with Crippen LogP contribution in [0.25, 0.3) is 0 Å². The van der Waals surface area contributed by atoms with E-state index in [1.807, 2.05) is 0 Å². The zero-order valence-corrected chi connectivity index (χ0v) is 6.92. The standard InChI is InChI=1S/C10H16O/c11-9-8-10-6-4-2-1-3-5-7-10/h1-2,7,11H,3-6,8-9H2. The summed E-state index contributed by atoms with van der Waals surface area (Å²) in [7, 11) is 0. The number of aliphatic hydroxyl groups is 1. The molecule has 0 bridgehead atoms. The van der Waals surface area contributed by atoms with Crippen LogP contribution in [0.4, 0.5) is 0 Å². The molecule has 0 aromatic rings. The second-order valence-electron chi connectivity index (χ2n) is 2.92. The van der Waals surface area contributed by atoms with Crippen molar-refractivity contribution in [3.63, 3.8) is 0 Å². The largest absolute Gasteiger partial charge is 0.396 e. The molecular weight excluding hydrogens is 136 g/mol. The summed E-state index contributed by atoms with van der Waals surface area (Å²) >= 11 is 0. The second-order valence-corrected chi connectivity index (χ2v) is 2.92. The first-order valence-corrected chi connectivity index (χ1v) is 4.37. The van der Waals surface area contributed by atoms with Crippen molar-refractivity contribution >= 4 is 0 Å². The van der Waals surface area contributed by atoms with Crippen LogP contribution in [0, 0.1) is 0 Å². The molecule has 11 heavy (non-hydrogen) atoms. The Labute approximate surface area is 68.4 Å². The van der Waals surface area contributed by atoms with Gasteiger partial charge >= 0.3 is 0 Å². The minimum Gasteiger partial charge on any atom is -0.396 e. The average Bonchev–Trinajstić information content (AvgIpc) is 1.94. The van der Waals surface area contributed by atoms with Crippen LogP contribution in [0.15, 0.2) is 23.8 Å². The fraction of sp³-hybridized carbons (Fsp3) is 0.600. The molecule has 0 aliphatic heterocycles. The smallest absolute Gasteiger partial charge is 0.0468 e. The van der Waals surface area contributed by atoms with E-state index in [9.17, 15) is 0 Å². The Morgan fingerprint density at radius 3 is 2.82 bits per heavy atom. The number of rotatable bonds is 2. The molecule has 0 fully saturated rings. The van der Waals surface area contributed by atoms with Crippen LogP contribution in [0.1, 0.15) is 32.1 Å². The van der Waals surface area contributed by atoms with Crippen molar-refractivity contribution in [2.75, 3.05) is 6.61 Å². The van der Waals surface area contributed by atoms with Gasteiger partial charge in [0.15, 0.2) is 0 Å². The molecule has 1 rings (SSSR count). The van der Waals surface area contributed by atoms with E-state index >= 15 is 0 Å². The van der Waals surface area contributed by atoms with Gasteiger partial charge in [-0.15, -0.1) is 0 Å². The summed E-state index contributed by atoms with van der Waals surface area (Å²) < 4.78 is 0. The third-order valence-electron chi connectivity index (χ3n) is 2.00. The van der Waals surface area contributed by atoms with Gasteiger partial charge in [-0.05, 0) is 32.1 Å². The van der Waals surface area contributed by atoms with Crippen molar-refractivity contribution in [2.24, 2.45) is 0 Å². The molecule has 0 saturated heterocycles. The number of aliphatic hydroxyl groups excluding tert-OH is 1. The molecule has 0 spiro atoms. The fourth-order valence-corrected chi connectivity index (χ4v) is 1.36. The number of allylic oxidation sites excluding steroid dienone is 3. The molecule has 0 aromatic heterocycles. The molecular formula is C10H16O. The van der Waals surface area contributed by atoms with Crippen molar-refractivity contribution < 1.29 is 5.11 Å². The van der Waals surface area contributed by atoms with Crippen LogP contribution >= 0.6 is 0 Å². The monoisotopic (exact) mass is 152 g/mol. The van der Waals surface area contributed by atoms with Crippen molar-refractivity contribution in [2.45, 2.75) is 32.1 Å². The summed E-state index contributed by atoms with van der Waals surface area (Å²) in [5.74, 6) is 0. The highest BCUT2D eigenvalue weighted by molar-refractivity contribution is 5.06. The summed E-state index contributed by atoms with van der Waals surface area (Å²) in [4.78, 5) is 0. The summed E-state index contributed by atoms with van der Waals surface area (Å²) in [5.41, 5.74) is 1.43. The Hall–Kier alpha value is -0.560. The first kappa shape index (κ1) is 8.54. The molecule has 0 atom stereocenters. The molecule has 1 nitrogen and oxygen atoms in total. The highest BCUT2D eigenvalue weighted by atomic mass is 16.2. The van der Waals surface area contributed by atoms with Crippen molar-refractivity contribution in [3.8, 4) is 0 Å². The van der Waals surface area contributed by atoms with Gasteiger partial charge in [0.1, 0.15) is 0 Å². The van der Waals surface area contributed by atoms with Gasteiger partial charge in [0.2, 0.25) is 0 Å². The van der Waals surface area contributed by atoms with Gasteiger partial charge in [0.25, 0.3) is 0 Å². The van der Waals surface area contributed by atoms with E-state index in [2.05, 4.69) is 18.2 Å². The predicted octanol–water partition coefficient (Wildman–Crippen LogP) is 2.43. The van der Waals surface area contributed by atoms with Gasteiger partial charge in [0, 0.05) is 6.61 Å². The van der Waals surface area contributed by atoms with Crippen LogP contribution in [0.3, 0.4) is 0 Å². The molecule has 1 N–H and O–H groups in total. The maximum absolute atomic E-state index is 8.72. The first-order valence-electron chi connectivity index (χ1n) is 4.37. The lowest BCUT2D eigenvalue weighted by molar-refractivity contribution is 0.297. The molecule has 62 valence electrons. The van der Waals surface area contributed by atoms with Crippen LogP contribution in [-0.4, -0.2) is 11.7 Å². The van der Waals surface area contributed by atoms with Crippen LogP contribution in [0.2, 0.25) is 0 Å². The zero-order valence-electron chi connectivity index (χ0n) is 6.92. The Morgan fingerprint density at radius 2 is 2.00 bits per heavy atom. The molecule has 1 aliphatic rings. The third-order valence-corrected chi connectivity index (χ3v) is 2.00. The van der Waals surface area contributed by atoms with Crippen molar-refractivity contribution in [3.05, 3.63) is 23.8 Å². The van der Waals surface area contributed by atoms with Gasteiger partial charge in [-0.3, -0.25) is 0 Å². The van der Waals surface area contributed by atoms with Crippen molar-refractivity contribution in [1.29, 1.82) is 0 Å². The Morgan fingerprint density at radius 1 is 1.18 bits per heavy atom. The Bertz CT molecular complexity index is 156. The molecule has 0 heterocycles. The lowest BCUT2D eigenvalue weighted by Crippen LogP contribution is -1.90. The van der Waals surface area contributed by atoms with Gasteiger partial charge in [-0.25, -0.2) is 0 Å². The lowest BCUT2D eigenvalue weighted by atomic mass is 10.0. The Kier molecular flexibility index (Phi) is 3.99. The van der Waals surface area contributed by atoms with Crippen LogP contribution < -0.4 is 0 Å². The molecule has 0 radical (unpaired) electrons. The lowest BCUT2D eigenvalue weighted by Gasteiger charge is -2.05. The normalized spacial score (nSPS) is 18.8. The predicted molar refractivity (Wildman–Crippen MR) is 47.4 cm³/mol. The van der Waals surface area contributed by atoms with Gasteiger partial charge in [0.05, 0.1) is 0 Å². The van der Waals surface area contributed by atoms with Crippen molar-refractivity contribution in [1.82, 2.24) is 0 Å². The third kappa shape index (κ3) is 3.38.